The van der Waals surface area contributed by atoms with Crippen molar-refractivity contribution in [3.8, 4) is 11.5 Å². The summed E-state index contributed by atoms with van der Waals surface area (Å²) in [5.74, 6) is 0.590. The molecule has 3 aliphatic heterocycles. The number of halogens is 2. The topological polar surface area (TPSA) is 89.1 Å². The van der Waals surface area contributed by atoms with Crippen LogP contribution >= 0.6 is 0 Å². The molecule has 6 rings (SSSR count). The van der Waals surface area contributed by atoms with E-state index in [-0.39, 0.29) is 29.9 Å². The van der Waals surface area contributed by atoms with Gasteiger partial charge >= 0.3 is 12.6 Å². The fraction of sp³-hybridized carbons (Fsp3) is 0.467. The van der Waals surface area contributed by atoms with Crippen LogP contribution in [0.5, 0.6) is 11.5 Å². The summed E-state index contributed by atoms with van der Waals surface area (Å²) in [5.41, 5.74) is 1.95. The van der Waals surface area contributed by atoms with Crippen molar-refractivity contribution in [1.29, 1.82) is 0 Å². The monoisotopic (exact) mass is 552 g/mol. The van der Waals surface area contributed by atoms with E-state index in [1.807, 2.05) is 6.07 Å². The van der Waals surface area contributed by atoms with Crippen molar-refractivity contribution in [2.45, 2.75) is 57.7 Å². The third-order valence-electron chi connectivity index (χ3n) is 8.83. The highest BCUT2D eigenvalue weighted by molar-refractivity contribution is 6.08. The number of ether oxygens (including phenoxy) is 1. The van der Waals surface area contributed by atoms with Gasteiger partial charge in [0.25, 0.3) is 5.91 Å². The highest BCUT2D eigenvalue weighted by atomic mass is 19.3. The van der Waals surface area contributed by atoms with Crippen molar-refractivity contribution in [1.82, 2.24) is 19.7 Å². The highest BCUT2D eigenvalue weighted by Crippen LogP contribution is 2.48. The molecule has 3 amide bonds. The molecule has 2 atom stereocenters. The molecule has 40 heavy (non-hydrogen) atoms. The van der Waals surface area contributed by atoms with Crippen LogP contribution in [0.25, 0.3) is 10.9 Å². The number of nitrogens with one attached hydrogen (secondary N) is 1. The van der Waals surface area contributed by atoms with Gasteiger partial charge < -0.3 is 24.6 Å². The first kappa shape index (κ1) is 26.6. The van der Waals surface area contributed by atoms with Crippen molar-refractivity contribution in [3.63, 3.8) is 0 Å². The number of carbonyl (C=O) groups is 2. The zero-order valence-electron chi connectivity index (χ0n) is 22.7. The number of piperidine rings is 1. The molecule has 2 fully saturated rings. The Labute approximate surface area is 231 Å². The van der Waals surface area contributed by atoms with Gasteiger partial charge in [0.05, 0.1) is 6.04 Å². The number of phenolic OH excluding ortho intramolecular Hbond substituents is 1. The number of urea groups is 1. The van der Waals surface area contributed by atoms with Gasteiger partial charge in [-0.2, -0.15) is 8.78 Å². The first-order valence-corrected chi connectivity index (χ1v) is 13.9. The van der Waals surface area contributed by atoms with Gasteiger partial charge in [-0.05, 0) is 86.7 Å². The number of rotatable bonds is 7. The Bertz CT molecular complexity index is 1450. The average molecular weight is 553 g/mol. The molecule has 0 radical (unpaired) electrons. The molecule has 2 aromatic carbocycles. The molecule has 0 bridgehead atoms. The van der Waals surface area contributed by atoms with E-state index < -0.39 is 18.2 Å². The van der Waals surface area contributed by atoms with Gasteiger partial charge in [0.2, 0.25) is 0 Å². The lowest BCUT2D eigenvalue weighted by atomic mass is 9.81. The normalized spacial score (nSPS) is 23.8. The standard InChI is InChI=1S/C30H34F2N4O4/c1-18-8-10-34(11-9-18)12-13-35-27(38)30(2)17-23-22-16-21(40-28(31)32)6-7-24(22)33-26(23)25(36(30)29(35)39)15-19-4-3-5-20(37)14-19/h3-7,14,16,18,25,28,33,37H,8-13,15,17H2,1-2H3/t25?,30-/m0/s1. The maximum absolute atomic E-state index is 14.0. The van der Waals surface area contributed by atoms with Crippen LogP contribution in [0.2, 0.25) is 0 Å². The third-order valence-corrected chi connectivity index (χ3v) is 8.83. The van der Waals surface area contributed by atoms with E-state index in [1.165, 1.54) is 11.0 Å². The zero-order valence-corrected chi connectivity index (χ0v) is 22.7. The van der Waals surface area contributed by atoms with Gasteiger partial charge in [-0.3, -0.25) is 9.69 Å². The Balaban J connectivity index is 1.38. The molecule has 0 saturated carbocycles. The Morgan fingerprint density at radius 3 is 2.62 bits per heavy atom. The van der Waals surface area contributed by atoms with Gasteiger partial charge in [0.1, 0.15) is 17.0 Å². The van der Waals surface area contributed by atoms with Gasteiger partial charge in [-0.15, -0.1) is 0 Å². The smallest absolute Gasteiger partial charge is 0.387 e. The number of alkyl halides is 2. The molecule has 8 nitrogen and oxygen atoms in total. The maximum Gasteiger partial charge on any atom is 0.387 e. The number of hydrogen-bond acceptors (Lipinski definition) is 5. The summed E-state index contributed by atoms with van der Waals surface area (Å²) < 4.78 is 30.6. The molecule has 0 aliphatic carbocycles. The number of likely N-dealkylation sites (tertiary alicyclic amines) is 1. The van der Waals surface area contributed by atoms with Crippen molar-refractivity contribution >= 4 is 22.8 Å². The van der Waals surface area contributed by atoms with Crippen molar-refractivity contribution in [3.05, 3.63) is 59.3 Å². The number of imide groups is 1. The van der Waals surface area contributed by atoms with Crippen LogP contribution in [-0.2, 0) is 17.6 Å². The summed E-state index contributed by atoms with van der Waals surface area (Å²) in [4.78, 5) is 36.8. The molecule has 2 N–H and O–H groups in total. The van der Waals surface area contributed by atoms with E-state index in [1.54, 1.807) is 42.2 Å². The van der Waals surface area contributed by atoms with Crippen LogP contribution in [0.1, 0.15) is 49.6 Å². The minimum absolute atomic E-state index is 0.0349. The number of H-pyrrole nitrogens is 1. The van der Waals surface area contributed by atoms with Gasteiger partial charge in [-0.25, -0.2) is 4.79 Å². The van der Waals surface area contributed by atoms with Gasteiger partial charge in [-0.1, -0.05) is 19.1 Å². The molecule has 10 heteroatoms. The number of phenols is 1. The molecular weight excluding hydrogens is 518 g/mol. The van der Waals surface area contributed by atoms with E-state index in [0.29, 0.717) is 36.3 Å². The van der Waals surface area contributed by atoms with Crippen LogP contribution in [0.3, 0.4) is 0 Å². The number of aromatic nitrogens is 1. The lowest BCUT2D eigenvalue weighted by Gasteiger charge is -2.42. The van der Waals surface area contributed by atoms with Crippen LogP contribution in [0, 0.1) is 5.92 Å². The van der Waals surface area contributed by atoms with E-state index in [9.17, 15) is 23.5 Å². The number of amides is 3. The molecule has 4 heterocycles. The second kappa shape index (κ2) is 10.1. The fourth-order valence-electron chi connectivity index (χ4n) is 6.66. The molecule has 1 unspecified atom stereocenters. The Morgan fingerprint density at radius 1 is 1.12 bits per heavy atom. The predicted molar refractivity (Wildman–Crippen MR) is 145 cm³/mol. The Morgan fingerprint density at radius 2 is 1.90 bits per heavy atom. The number of benzene rings is 2. The molecular formula is C30H34F2N4O4. The highest BCUT2D eigenvalue weighted by Gasteiger charge is 2.59. The van der Waals surface area contributed by atoms with Crippen molar-refractivity contribution in [2.24, 2.45) is 5.92 Å². The minimum Gasteiger partial charge on any atom is -0.508 e. The van der Waals surface area contributed by atoms with Gasteiger partial charge in [0, 0.05) is 36.1 Å². The average Bonchev–Trinajstić information content (AvgIpc) is 3.35. The second-order valence-electron chi connectivity index (χ2n) is 11.6. The van der Waals surface area contributed by atoms with Crippen molar-refractivity contribution < 1.29 is 28.2 Å². The quantitative estimate of drug-likeness (QED) is 0.400. The number of hydrogen-bond donors (Lipinski definition) is 2. The lowest BCUT2D eigenvalue weighted by Crippen LogP contribution is -2.53. The summed E-state index contributed by atoms with van der Waals surface area (Å²) in [5, 5.41) is 10.8. The first-order valence-electron chi connectivity index (χ1n) is 13.9. The summed E-state index contributed by atoms with van der Waals surface area (Å²) in [6.07, 6.45) is 2.83. The maximum atomic E-state index is 14.0. The summed E-state index contributed by atoms with van der Waals surface area (Å²) in [7, 11) is 0. The summed E-state index contributed by atoms with van der Waals surface area (Å²) in [6.45, 7) is 3.95. The SMILES string of the molecule is CC1CCN(CCN2C(=O)N3C(Cc4cccc(O)c4)c4[nH]c5ccc(OC(F)F)cc5c4C[C@@]3(C)C2=O)CC1. The van der Waals surface area contributed by atoms with E-state index in [4.69, 9.17) is 0 Å². The van der Waals surface area contributed by atoms with Crippen LogP contribution in [0.4, 0.5) is 13.6 Å². The van der Waals surface area contributed by atoms with Gasteiger partial charge in [0.15, 0.2) is 0 Å². The number of aromatic hydroxyl groups is 1. The summed E-state index contributed by atoms with van der Waals surface area (Å²) >= 11 is 0. The minimum atomic E-state index is -2.95. The molecule has 0 spiro atoms. The molecule has 3 aromatic rings. The molecule has 3 aliphatic rings. The summed E-state index contributed by atoms with van der Waals surface area (Å²) in [6, 6.07) is 10.7. The second-order valence-corrected chi connectivity index (χ2v) is 11.6. The first-order chi connectivity index (χ1) is 19.1. The number of fused-ring (bicyclic) bond motifs is 4. The number of nitrogens with zero attached hydrogens (tertiary/aromatic N) is 3. The number of carbonyl (C=O) groups excluding carboxylic acids is 2. The molecule has 1 aromatic heterocycles. The lowest BCUT2D eigenvalue weighted by molar-refractivity contribution is -0.133. The van der Waals surface area contributed by atoms with E-state index in [2.05, 4.69) is 21.5 Å². The van der Waals surface area contributed by atoms with Crippen LogP contribution < -0.4 is 4.74 Å². The van der Waals surface area contributed by atoms with E-state index in [0.717, 1.165) is 42.8 Å². The Hall–Kier alpha value is -3.66. The molecule has 212 valence electrons. The van der Waals surface area contributed by atoms with E-state index >= 15 is 0 Å². The predicted octanol–water partition coefficient (Wildman–Crippen LogP) is 5.07. The molecule has 2 saturated heterocycles. The third kappa shape index (κ3) is 4.58. The van der Waals surface area contributed by atoms with Crippen molar-refractivity contribution in [2.75, 3.05) is 26.2 Å². The van der Waals surface area contributed by atoms with Crippen LogP contribution in [-0.4, -0.2) is 75.1 Å². The number of aromatic amines is 1. The fourth-order valence-corrected chi connectivity index (χ4v) is 6.66. The largest absolute Gasteiger partial charge is 0.508 e. The Kier molecular flexibility index (Phi) is 6.68. The van der Waals surface area contributed by atoms with Crippen LogP contribution in [0.15, 0.2) is 42.5 Å². The zero-order chi connectivity index (χ0) is 28.2.